The number of hydrogen-bond donors (Lipinski definition) is 8. The fourth-order valence-corrected chi connectivity index (χ4v) is 6.74. The fraction of sp³-hybridized carbons (Fsp3) is 0.386. The molecule has 0 saturated carbocycles. The number of hydrogen-bond acceptors (Lipinski definition) is 22. The minimum absolute atomic E-state index is 0.0120. The van der Waals surface area contributed by atoms with Crippen molar-refractivity contribution in [3.8, 4) is 46.0 Å². The number of carbonyl (C=O) groups excluding carboxylic acids is 3. The fourth-order valence-electron chi connectivity index (χ4n) is 6.74. The Balaban J connectivity index is 1.40. The van der Waals surface area contributed by atoms with E-state index in [1.807, 2.05) is 0 Å². The number of aliphatic hydroxyl groups is 5. The van der Waals surface area contributed by atoms with Gasteiger partial charge in [-0.15, -0.1) is 0 Å². The molecule has 3 aromatic carbocycles. The third-order valence-corrected chi connectivity index (χ3v) is 10.2. The molecule has 66 heavy (non-hydrogen) atoms. The maximum atomic E-state index is 13.5. The predicted octanol–water partition coefficient (Wildman–Crippen LogP) is 0.557. The predicted molar refractivity (Wildman–Crippen MR) is 224 cm³/mol. The van der Waals surface area contributed by atoms with Gasteiger partial charge in [0.1, 0.15) is 43.7 Å². The Morgan fingerprint density at radius 2 is 1.11 bits per heavy atom. The van der Waals surface area contributed by atoms with Gasteiger partial charge < -0.3 is 93.0 Å². The molecule has 0 amide bonds. The summed E-state index contributed by atoms with van der Waals surface area (Å²) >= 11 is 0. The van der Waals surface area contributed by atoms with Gasteiger partial charge in [0.2, 0.25) is 17.3 Å². The first kappa shape index (κ1) is 50.4. The van der Waals surface area contributed by atoms with E-state index in [4.69, 9.17) is 52.1 Å². The van der Waals surface area contributed by atoms with Crippen molar-refractivity contribution in [3.63, 3.8) is 0 Å². The number of ether oxygens (including phenoxy) is 11. The van der Waals surface area contributed by atoms with Crippen molar-refractivity contribution in [1.82, 2.24) is 0 Å². The molecule has 22 nitrogen and oxygen atoms in total. The van der Waals surface area contributed by atoms with Crippen molar-refractivity contribution in [1.29, 1.82) is 0 Å². The lowest BCUT2D eigenvalue weighted by molar-refractivity contribution is -0.383. The summed E-state index contributed by atoms with van der Waals surface area (Å²) in [4.78, 5) is 39.6. The Hall–Kier alpha value is -6.63. The molecule has 2 heterocycles. The van der Waals surface area contributed by atoms with Crippen molar-refractivity contribution in [2.75, 3.05) is 55.4 Å². The van der Waals surface area contributed by atoms with Crippen molar-refractivity contribution < 1.29 is 107 Å². The number of benzene rings is 3. The van der Waals surface area contributed by atoms with E-state index < -0.39 is 92.5 Å². The highest BCUT2D eigenvalue weighted by atomic mass is 16.8. The molecule has 9 unspecified atom stereocenters. The van der Waals surface area contributed by atoms with Crippen molar-refractivity contribution in [2.45, 2.75) is 54.8 Å². The van der Waals surface area contributed by atoms with Crippen LogP contribution in [-0.2, 0) is 42.8 Å². The first-order valence-corrected chi connectivity index (χ1v) is 19.7. The molecule has 0 bridgehead atoms. The van der Waals surface area contributed by atoms with Gasteiger partial charge in [-0.3, -0.25) is 0 Å². The Morgan fingerprint density at radius 1 is 0.621 bits per heavy atom. The second-order valence-electron chi connectivity index (χ2n) is 14.3. The highest BCUT2D eigenvalue weighted by Gasteiger charge is 2.62. The topological polar surface area (TPSA) is 315 Å². The van der Waals surface area contributed by atoms with Crippen molar-refractivity contribution in [2.24, 2.45) is 0 Å². The van der Waals surface area contributed by atoms with Crippen LogP contribution in [0.1, 0.15) is 16.7 Å². The standard InChI is InChI=1S/C44H50O22/c1-56-26-14-22(6-10-25(26)47)7-12-35(50)64-42-41(63-34(49)13-9-24-17-29(59-4)37(52)30(18-24)60-5)31(19-45)65-44(42,21-46)66-43-40(55)39(54)38(53)32(62-43)20-61-33(48)11-8-23-15-27(57-2)36(51)28(16-23)58-3/h6-18,31-32,38-43,45-47,51-55H,19-21H2,1-5H3. The van der Waals surface area contributed by atoms with Crippen LogP contribution in [0.3, 0.4) is 0 Å². The monoisotopic (exact) mass is 930 g/mol. The third-order valence-electron chi connectivity index (χ3n) is 10.2. The molecule has 9 atom stereocenters. The van der Waals surface area contributed by atoms with Crippen LogP contribution in [0.25, 0.3) is 18.2 Å². The number of aromatic hydroxyl groups is 3. The lowest BCUT2D eigenvalue weighted by Crippen LogP contribution is -2.63. The largest absolute Gasteiger partial charge is 0.504 e. The van der Waals surface area contributed by atoms with E-state index in [0.29, 0.717) is 16.7 Å². The Kier molecular flexibility index (Phi) is 17.2. The molecule has 2 fully saturated rings. The number of rotatable bonds is 19. The van der Waals surface area contributed by atoms with Crippen LogP contribution >= 0.6 is 0 Å². The Labute approximate surface area is 376 Å². The lowest BCUT2D eigenvalue weighted by Gasteiger charge is -2.43. The summed E-state index contributed by atoms with van der Waals surface area (Å²) in [6.07, 6.45) is -8.46. The quantitative estimate of drug-likeness (QED) is 0.0462. The van der Waals surface area contributed by atoms with E-state index in [1.54, 1.807) is 0 Å². The summed E-state index contributed by atoms with van der Waals surface area (Å²) in [6, 6.07) is 9.70. The molecule has 0 spiro atoms. The van der Waals surface area contributed by atoms with Gasteiger partial charge in [0.25, 0.3) is 0 Å². The minimum Gasteiger partial charge on any atom is -0.504 e. The number of phenolic OH excluding ortho intramolecular Hbond substituents is 3. The molecule has 358 valence electrons. The van der Waals surface area contributed by atoms with E-state index in [0.717, 1.165) is 18.2 Å². The summed E-state index contributed by atoms with van der Waals surface area (Å²) in [5, 5.41) is 84.5. The summed E-state index contributed by atoms with van der Waals surface area (Å²) in [7, 11) is 6.53. The molecule has 2 saturated heterocycles. The Bertz CT molecular complexity index is 2220. The van der Waals surface area contributed by atoms with Crippen LogP contribution in [-0.4, -0.2) is 169 Å². The molecule has 2 aliphatic heterocycles. The zero-order valence-corrected chi connectivity index (χ0v) is 36.0. The first-order valence-electron chi connectivity index (χ1n) is 19.7. The zero-order valence-electron chi connectivity index (χ0n) is 36.0. The van der Waals surface area contributed by atoms with Gasteiger partial charge >= 0.3 is 17.9 Å². The molecule has 3 aromatic rings. The second-order valence-corrected chi connectivity index (χ2v) is 14.3. The average molecular weight is 931 g/mol. The van der Waals surface area contributed by atoms with Gasteiger partial charge in [-0.1, -0.05) is 6.07 Å². The molecule has 22 heteroatoms. The summed E-state index contributed by atoms with van der Waals surface area (Å²) in [5.41, 5.74) is 1.01. The molecule has 8 N–H and O–H groups in total. The summed E-state index contributed by atoms with van der Waals surface area (Å²) in [6.45, 7) is -2.94. The van der Waals surface area contributed by atoms with Gasteiger partial charge in [-0.2, -0.15) is 0 Å². The highest BCUT2D eigenvalue weighted by Crippen LogP contribution is 2.41. The summed E-state index contributed by atoms with van der Waals surface area (Å²) < 4.78 is 59.7. The van der Waals surface area contributed by atoms with Crippen LogP contribution in [0.15, 0.2) is 60.7 Å². The second kappa shape index (κ2) is 22.5. The highest BCUT2D eigenvalue weighted by molar-refractivity contribution is 5.89. The zero-order chi connectivity index (χ0) is 48.3. The SMILES string of the molecule is COc1cc(C=CC(=O)OC2C(OC(=O)C=Cc3cc(OC)c(O)c(OC)c3)C(CO)OC2(CO)OC2OC(COC(=O)C=Cc3cc(OC)c(O)c(OC)c3)C(O)C(O)C2O)ccc1O. The van der Waals surface area contributed by atoms with Gasteiger partial charge in [0.05, 0.1) is 42.2 Å². The van der Waals surface area contributed by atoms with Crippen LogP contribution in [0.2, 0.25) is 0 Å². The lowest BCUT2D eigenvalue weighted by atomic mass is 9.98. The van der Waals surface area contributed by atoms with E-state index in [9.17, 15) is 55.2 Å². The smallest absolute Gasteiger partial charge is 0.331 e. The van der Waals surface area contributed by atoms with Crippen LogP contribution in [0, 0.1) is 0 Å². The van der Waals surface area contributed by atoms with Gasteiger partial charge in [-0.25, -0.2) is 14.4 Å². The molecular weight excluding hydrogens is 880 g/mol. The molecule has 0 radical (unpaired) electrons. The van der Waals surface area contributed by atoms with Crippen molar-refractivity contribution in [3.05, 3.63) is 77.4 Å². The van der Waals surface area contributed by atoms with E-state index in [1.165, 1.54) is 96.2 Å². The Morgan fingerprint density at radius 3 is 1.61 bits per heavy atom. The number of phenols is 3. The molecular formula is C44H50O22. The molecule has 0 aliphatic carbocycles. The maximum absolute atomic E-state index is 13.5. The van der Waals surface area contributed by atoms with E-state index in [-0.39, 0.29) is 46.0 Å². The molecule has 2 aliphatic rings. The average Bonchev–Trinajstić information content (AvgIpc) is 3.60. The molecule has 5 rings (SSSR count). The number of carbonyl (C=O) groups is 3. The van der Waals surface area contributed by atoms with Crippen molar-refractivity contribution >= 4 is 36.1 Å². The van der Waals surface area contributed by atoms with Crippen LogP contribution in [0.5, 0.6) is 46.0 Å². The molecule has 0 aromatic heterocycles. The number of aliphatic hydroxyl groups excluding tert-OH is 5. The van der Waals surface area contributed by atoms with E-state index in [2.05, 4.69) is 0 Å². The number of methoxy groups -OCH3 is 5. The van der Waals surface area contributed by atoms with Gasteiger partial charge in [0.15, 0.2) is 53.0 Å². The minimum atomic E-state index is -2.66. The number of esters is 3. The van der Waals surface area contributed by atoms with Crippen LogP contribution in [0.4, 0.5) is 0 Å². The van der Waals surface area contributed by atoms with Gasteiger partial charge in [0, 0.05) is 18.2 Å². The van der Waals surface area contributed by atoms with Gasteiger partial charge in [-0.05, 0) is 71.3 Å². The summed E-state index contributed by atoms with van der Waals surface area (Å²) in [5.74, 6) is -6.45. The van der Waals surface area contributed by atoms with Crippen LogP contribution < -0.4 is 23.7 Å². The maximum Gasteiger partial charge on any atom is 0.331 e. The normalized spacial score (nSPS) is 25.2. The first-order chi connectivity index (χ1) is 31.5. The third kappa shape index (κ3) is 11.6. The van der Waals surface area contributed by atoms with E-state index >= 15 is 0 Å².